The monoisotopic (exact) mass is 359 g/mol. The van der Waals surface area contributed by atoms with Gasteiger partial charge in [0.1, 0.15) is 6.04 Å². The minimum absolute atomic E-state index is 0.147. The Morgan fingerprint density at radius 2 is 1.77 bits per heavy atom. The summed E-state index contributed by atoms with van der Waals surface area (Å²) in [5.74, 6) is 0.565. The molecule has 2 rings (SSSR count). The van der Waals surface area contributed by atoms with E-state index in [1.807, 2.05) is 30.3 Å². The number of hydrogen-bond donors (Lipinski definition) is 3. The molecule has 1 atom stereocenters. The first-order valence-corrected chi connectivity index (χ1v) is 9.72. The van der Waals surface area contributed by atoms with Gasteiger partial charge in [0.2, 0.25) is 5.91 Å². The van der Waals surface area contributed by atoms with Gasteiger partial charge in [-0.2, -0.15) is 0 Å². The number of carbonyl (C=O) groups excluding carboxylic acids is 2. The standard InChI is InChI=1S/C21H33N3O2/c1-4-21(2,3)16-10-12-17(13-11-16)23-19(25)18(24-20(22)26)14-15-8-6-5-7-9-15/h5-9,16-18H,4,10-14H2,1-3H3,(H,23,25)(H3,22,24,26)/t16?,17?,18-/m1/s1. The highest BCUT2D eigenvalue weighted by Crippen LogP contribution is 2.40. The molecule has 1 fully saturated rings. The Morgan fingerprint density at radius 1 is 1.15 bits per heavy atom. The van der Waals surface area contributed by atoms with Crippen LogP contribution in [0, 0.1) is 11.3 Å². The third kappa shape index (κ3) is 5.75. The topological polar surface area (TPSA) is 84.2 Å². The van der Waals surface area contributed by atoms with E-state index in [0.717, 1.165) is 31.2 Å². The molecule has 5 nitrogen and oxygen atoms in total. The molecule has 0 aliphatic heterocycles. The van der Waals surface area contributed by atoms with Crippen molar-refractivity contribution in [1.29, 1.82) is 0 Å². The van der Waals surface area contributed by atoms with E-state index in [2.05, 4.69) is 31.4 Å². The van der Waals surface area contributed by atoms with Crippen LogP contribution in [0.1, 0.15) is 58.4 Å². The Morgan fingerprint density at radius 3 is 2.31 bits per heavy atom. The maximum absolute atomic E-state index is 12.7. The van der Waals surface area contributed by atoms with Gasteiger partial charge >= 0.3 is 6.03 Å². The number of rotatable bonds is 7. The lowest BCUT2D eigenvalue weighted by atomic mass is 9.69. The molecular weight excluding hydrogens is 326 g/mol. The van der Waals surface area contributed by atoms with Crippen molar-refractivity contribution in [1.82, 2.24) is 10.6 Å². The van der Waals surface area contributed by atoms with Gasteiger partial charge in [0, 0.05) is 12.5 Å². The van der Waals surface area contributed by atoms with E-state index in [1.54, 1.807) is 0 Å². The summed E-state index contributed by atoms with van der Waals surface area (Å²) in [5, 5.41) is 5.71. The number of urea groups is 1. The maximum Gasteiger partial charge on any atom is 0.312 e. The van der Waals surface area contributed by atoms with Crippen LogP contribution < -0.4 is 16.4 Å². The molecule has 0 bridgehead atoms. The number of nitrogens with one attached hydrogen (secondary N) is 2. The smallest absolute Gasteiger partial charge is 0.312 e. The fourth-order valence-electron chi connectivity index (χ4n) is 3.84. The van der Waals surface area contributed by atoms with Gasteiger partial charge in [0.05, 0.1) is 0 Å². The lowest BCUT2D eigenvalue weighted by Crippen LogP contribution is -2.52. The number of hydrogen-bond acceptors (Lipinski definition) is 2. The fourth-order valence-corrected chi connectivity index (χ4v) is 3.84. The van der Waals surface area contributed by atoms with Crippen LogP contribution in [0.4, 0.5) is 4.79 Å². The van der Waals surface area contributed by atoms with Gasteiger partial charge in [-0.15, -0.1) is 0 Å². The zero-order valence-electron chi connectivity index (χ0n) is 16.3. The van der Waals surface area contributed by atoms with Gasteiger partial charge in [-0.05, 0) is 42.6 Å². The van der Waals surface area contributed by atoms with E-state index in [-0.39, 0.29) is 11.9 Å². The molecule has 3 amide bonds. The fraction of sp³-hybridized carbons (Fsp3) is 0.619. The second-order valence-electron chi connectivity index (χ2n) is 8.15. The van der Waals surface area contributed by atoms with Gasteiger partial charge in [-0.1, -0.05) is 57.5 Å². The molecule has 1 aliphatic rings. The third-order valence-electron chi connectivity index (χ3n) is 6.01. The molecule has 1 aromatic carbocycles. The molecule has 26 heavy (non-hydrogen) atoms. The number of amides is 3. The van der Waals surface area contributed by atoms with Gasteiger partial charge in [-0.25, -0.2) is 4.79 Å². The van der Waals surface area contributed by atoms with Crippen molar-refractivity contribution < 1.29 is 9.59 Å². The predicted octanol–water partition coefficient (Wildman–Crippen LogP) is 3.38. The van der Waals surface area contributed by atoms with Gasteiger partial charge in [0.15, 0.2) is 0 Å². The summed E-state index contributed by atoms with van der Waals surface area (Å²) >= 11 is 0. The van der Waals surface area contributed by atoms with Crippen LogP contribution in [0.15, 0.2) is 30.3 Å². The molecule has 0 spiro atoms. The van der Waals surface area contributed by atoms with Crippen LogP contribution in [0.5, 0.6) is 0 Å². The van der Waals surface area contributed by atoms with Crippen LogP contribution >= 0.6 is 0 Å². The first-order valence-electron chi connectivity index (χ1n) is 9.72. The Hall–Kier alpha value is -2.04. The molecule has 1 aromatic rings. The number of nitrogens with two attached hydrogens (primary N) is 1. The third-order valence-corrected chi connectivity index (χ3v) is 6.01. The molecule has 0 saturated heterocycles. The van der Waals surface area contributed by atoms with Crippen molar-refractivity contribution >= 4 is 11.9 Å². The highest BCUT2D eigenvalue weighted by atomic mass is 16.2. The number of benzene rings is 1. The second-order valence-corrected chi connectivity index (χ2v) is 8.15. The van der Waals surface area contributed by atoms with E-state index in [9.17, 15) is 9.59 Å². The largest absolute Gasteiger partial charge is 0.352 e. The summed E-state index contributed by atoms with van der Waals surface area (Å²) in [6, 6.07) is 8.53. The van der Waals surface area contributed by atoms with E-state index in [1.165, 1.54) is 6.42 Å². The SMILES string of the molecule is CCC(C)(C)C1CCC(NC(=O)[C@@H](Cc2ccccc2)NC(N)=O)CC1. The van der Waals surface area contributed by atoms with Crippen LogP contribution in [-0.4, -0.2) is 24.0 Å². The summed E-state index contributed by atoms with van der Waals surface area (Å²) in [7, 11) is 0. The van der Waals surface area contributed by atoms with Crippen molar-refractivity contribution in [3.05, 3.63) is 35.9 Å². The molecular formula is C21H33N3O2. The summed E-state index contributed by atoms with van der Waals surface area (Å²) in [5.41, 5.74) is 6.62. The quantitative estimate of drug-likeness (QED) is 0.697. The Labute approximate surface area is 157 Å². The molecule has 4 N–H and O–H groups in total. The average molecular weight is 360 g/mol. The highest BCUT2D eigenvalue weighted by molar-refractivity contribution is 5.87. The summed E-state index contributed by atoms with van der Waals surface area (Å²) in [4.78, 5) is 24.0. The highest BCUT2D eigenvalue weighted by Gasteiger charge is 2.33. The Balaban J connectivity index is 1.92. The lowest BCUT2D eigenvalue weighted by Gasteiger charge is -2.39. The van der Waals surface area contributed by atoms with Crippen LogP contribution in [-0.2, 0) is 11.2 Å². The Kier molecular flexibility index (Phi) is 7.06. The van der Waals surface area contributed by atoms with E-state index in [4.69, 9.17) is 5.73 Å². The van der Waals surface area contributed by atoms with Crippen molar-refractivity contribution in [2.45, 2.75) is 71.4 Å². The summed E-state index contributed by atoms with van der Waals surface area (Å²) in [6.07, 6.45) is 5.88. The van der Waals surface area contributed by atoms with Gasteiger partial charge < -0.3 is 16.4 Å². The minimum Gasteiger partial charge on any atom is -0.352 e. The molecule has 0 heterocycles. The van der Waals surface area contributed by atoms with Crippen LogP contribution in [0.2, 0.25) is 0 Å². The molecule has 0 aromatic heterocycles. The van der Waals surface area contributed by atoms with Crippen LogP contribution in [0.3, 0.4) is 0 Å². The maximum atomic E-state index is 12.7. The molecule has 1 saturated carbocycles. The average Bonchev–Trinajstić information content (AvgIpc) is 2.62. The van der Waals surface area contributed by atoms with Crippen molar-refractivity contribution in [2.24, 2.45) is 17.1 Å². The van der Waals surface area contributed by atoms with Crippen molar-refractivity contribution in [2.75, 3.05) is 0 Å². The van der Waals surface area contributed by atoms with Gasteiger partial charge in [0.25, 0.3) is 0 Å². The van der Waals surface area contributed by atoms with E-state index in [0.29, 0.717) is 17.8 Å². The van der Waals surface area contributed by atoms with Gasteiger partial charge in [-0.3, -0.25) is 4.79 Å². The first kappa shape index (κ1) is 20.3. The van der Waals surface area contributed by atoms with Crippen molar-refractivity contribution in [3.8, 4) is 0 Å². The van der Waals surface area contributed by atoms with Crippen LogP contribution in [0.25, 0.3) is 0 Å². The van der Waals surface area contributed by atoms with E-state index >= 15 is 0 Å². The molecule has 0 radical (unpaired) electrons. The number of primary amides is 1. The molecule has 5 heteroatoms. The Bertz CT molecular complexity index is 593. The number of carbonyl (C=O) groups is 2. The van der Waals surface area contributed by atoms with Crippen molar-refractivity contribution in [3.63, 3.8) is 0 Å². The summed E-state index contributed by atoms with van der Waals surface area (Å²) in [6.45, 7) is 6.92. The zero-order chi connectivity index (χ0) is 19.2. The zero-order valence-corrected chi connectivity index (χ0v) is 16.3. The first-order chi connectivity index (χ1) is 12.3. The normalized spacial score (nSPS) is 21.7. The predicted molar refractivity (Wildman–Crippen MR) is 105 cm³/mol. The molecule has 144 valence electrons. The molecule has 0 unspecified atom stereocenters. The minimum atomic E-state index is -0.672. The second kappa shape index (κ2) is 9.06. The van der Waals surface area contributed by atoms with E-state index < -0.39 is 12.1 Å². The molecule has 1 aliphatic carbocycles. The summed E-state index contributed by atoms with van der Waals surface area (Å²) < 4.78 is 0. The lowest BCUT2D eigenvalue weighted by molar-refractivity contribution is -0.124.